The van der Waals surface area contributed by atoms with Gasteiger partial charge in [-0.05, 0) is 6.07 Å². The van der Waals surface area contributed by atoms with Gasteiger partial charge in [0.15, 0.2) is 11.3 Å². The van der Waals surface area contributed by atoms with Gasteiger partial charge in [0.05, 0.1) is 11.9 Å². The predicted octanol–water partition coefficient (Wildman–Crippen LogP) is 3.05. The van der Waals surface area contributed by atoms with Crippen LogP contribution in [-0.4, -0.2) is 42.2 Å². The summed E-state index contributed by atoms with van der Waals surface area (Å²) in [7, 11) is 3.31. The zero-order chi connectivity index (χ0) is 20.9. The van der Waals surface area contributed by atoms with Gasteiger partial charge in [-0.2, -0.15) is 23.4 Å². The van der Waals surface area contributed by atoms with Crippen molar-refractivity contribution >= 4 is 11.6 Å². The molecule has 3 heterocycles. The highest BCUT2D eigenvalue weighted by Crippen LogP contribution is 2.32. The fourth-order valence-electron chi connectivity index (χ4n) is 2.76. The van der Waals surface area contributed by atoms with Gasteiger partial charge < -0.3 is 4.90 Å². The molecule has 7 nitrogen and oxygen atoms in total. The number of fused-ring (bicyclic) bond motifs is 1. The summed E-state index contributed by atoms with van der Waals surface area (Å²) >= 11 is 0. The normalized spacial score (nSPS) is 12.6. The van der Waals surface area contributed by atoms with Gasteiger partial charge in [-0.3, -0.25) is 9.48 Å². The molecule has 150 valence electrons. The third-order valence-corrected chi connectivity index (χ3v) is 4.23. The van der Waals surface area contributed by atoms with E-state index in [2.05, 4.69) is 15.2 Å². The molecule has 3 rings (SSSR count). The van der Waals surface area contributed by atoms with Crippen molar-refractivity contribution in [3.63, 3.8) is 0 Å². The molecular weight excluding hydrogens is 373 g/mol. The van der Waals surface area contributed by atoms with Gasteiger partial charge in [0.25, 0.3) is 5.91 Å². The van der Waals surface area contributed by atoms with Crippen LogP contribution < -0.4 is 0 Å². The van der Waals surface area contributed by atoms with Crippen LogP contribution in [0, 0.1) is 0 Å². The van der Waals surface area contributed by atoms with Crippen LogP contribution in [0.25, 0.3) is 5.65 Å². The first kappa shape index (κ1) is 19.8. The lowest BCUT2D eigenvalue weighted by Gasteiger charge is -2.19. The number of amides is 1. The Morgan fingerprint density at radius 1 is 1.21 bits per heavy atom. The van der Waals surface area contributed by atoms with Crippen molar-refractivity contribution < 1.29 is 18.0 Å². The summed E-state index contributed by atoms with van der Waals surface area (Å²) in [5.74, 6) is -0.500. The van der Waals surface area contributed by atoms with Gasteiger partial charge in [-0.15, -0.1) is 0 Å². The molecule has 10 heteroatoms. The summed E-state index contributed by atoms with van der Waals surface area (Å²) in [5.41, 5.74) is -0.598. The first-order valence-corrected chi connectivity index (χ1v) is 8.58. The van der Waals surface area contributed by atoms with Crippen molar-refractivity contribution in [2.24, 2.45) is 7.05 Å². The number of carbonyl (C=O) groups is 1. The van der Waals surface area contributed by atoms with Crippen LogP contribution in [0.15, 0.2) is 24.5 Å². The van der Waals surface area contributed by atoms with Crippen molar-refractivity contribution in [2.45, 2.75) is 38.9 Å². The molecule has 0 aliphatic rings. The number of hydrogen-bond acceptors (Lipinski definition) is 4. The molecule has 3 aromatic rings. The molecule has 0 bridgehead atoms. The van der Waals surface area contributed by atoms with Gasteiger partial charge in [-0.25, -0.2) is 9.50 Å². The average molecular weight is 394 g/mol. The highest BCUT2D eigenvalue weighted by atomic mass is 19.4. The van der Waals surface area contributed by atoms with Crippen molar-refractivity contribution in [3.05, 3.63) is 47.2 Å². The summed E-state index contributed by atoms with van der Waals surface area (Å²) < 4.78 is 42.9. The van der Waals surface area contributed by atoms with E-state index in [9.17, 15) is 18.0 Å². The second kappa shape index (κ2) is 6.61. The molecule has 0 fully saturated rings. The van der Waals surface area contributed by atoms with Crippen LogP contribution in [0.2, 0.25) is 0 Å². The van der Waals surface area contributed by atoms with Crippen molar-refractivity contribution in [3.8, 4) is 0 Å². The van der Waals surface area contributed by atoms with Gasteiger partial charge in [0.2, 0.25) is 0 Å². The van der Waals surface area contributed by atoms with Crippen LogP contribution in [0.3, 0.4) is 0 Å². The lowest BCUT2D eigenvalue weighted by molar-refractivity contribution is -0.142. The molecule has 0 aromatic carbocycles. The summed E-state index contributed by atoms with van der Waals surface area (Å²) in [4.78, 5) is 18.3. The lowest BCUT2D eigenvalue weighted by atomic mass is 9.91. The van der Waals surface area contributed by atoms with E-state index in [0.717, 1.165) is 11.6 Å². The van der Waals surface area contributed by atoms with E-state index >= 15 is 0 Å². The van der Waals surface area contributed by atoms with E-state index in [1.54, 1.807) is 51.9 Å². The Labute approximate surface area is 159 Å². The lowest BCUT2D eigenvalue weighted by Crippen LogP contribution is -2.26. The van der Waals surface area contributed by atoms with E-state index in [1.165, 1.54) is 11.0 Å². The molecule has 0 saturated carbocycles. The van der Waals surface area contributed by atoms with Crippen LogP contribution >= 0.6 is 0 Å². The highest BCUT2D eigenvalue weighted by Gasteiger charge is 2.36. The molecule has 0 aliphatic carbocycles. The van der Waals surface area contributed by atoms with Crippen LogP contribution in [0.1, 0.15) is 48.2 Å². The number of carbonyl (C=O) groups excluding carboxylic acids is 1. The van der Waals surface area contributed by atoms with Crippen LogP contribution in [0.5, 0.6) is 0 Å². The Hall–Kier alpha value is -2.91. The number of rotatable bonds is 3. The number of aryl methyl sites for hydroxylation is 1. The summed E-state index contributed by atoms with van der Waals surface area (Å²) in [5, 5.41) is 7.92. The fraction of sp³-hybridized carbons (Fsp3) is 0.444. The van der Waals surface area contributed by atoms with E-state index in [1.807, 2.05) is 0 Å². The van der Waals surface area contributed by atoms with Gasteiger partial charge in [-0.1, -0.05) is 20.8 Å². The quantitative estimate of drug-likeness (QED) is 0.685. The first-order valence-electron chi connectivity index (χ1n) is 8.58. The maximum absolute atomic E-state index is 13.6. The third kappa shape index (κ3) is 3.85. The second-order valence-electron chi connectivity index (χ2n) is 7.76. The number of hydrogen-bond donors (Lipinski definition) is 0. The second-order valence-corrected chi connectivity index (χ2v) is 7.76. The smallest absolute Gasteiger partial charge is 0.336 e. The number of alkyl halides is 3. The zero-order valence-corrected chi connectivity index (χ0v) is 16.2. The summed E-state index contributed by atoms with van der Waals surface area (Å²) in [6.45, 7) is 5.58. The maximum atomic E-state index is 13.6. The standard InChI is InChI=1S/C18H21F3N6O/c1-17(2,3)13-7-14(18(19,20)21)27-15(23-13)6-12(24-27)16(28)25(4)9-11-8-22-26(5)10-11/h6-8,10H,9H2,1-5H3. The molecule has 0 aliphatic heterocycles. The molecule has 0 atom stereocenters. The minimum atomic E-state index is -4.63. The summed E-state index contributed by atoms with van der Waals surface area (Å²) in [6, 6.07) is 2.26. The highest BCUT2D eigenvalue weighted by molar-refractivity contribution is 5.93. The Bertz CT molecular complexity index is 1030. The Morgan fingerprint density at radius 2 is 1.89 bits per heavy atom. The topological polar surface area (TPSA) is 68.3 Å². The minimum absolute atomic E-state index is 0.0159. The molecule has 0 radical (unpaired) electrons. The van der Waals surface area contributed by atoms with E-state index in [-0.39, 0.29) is 23.6 Å². The Kier molecular flexibility index (Phi) is 4.68. The van der Waals surface area contributed by atoms with E-state index in [0.29, 0.717) is 4.52 Å². The largest absolute Gasteiger partial charge is 0.433 e. The van der Waals surface area contributed by atoms with Crippen molar-refractivity contribution in [1.29, 1.82) is 0 Å². The molecule has 1 amide bonds. The first-order chi connectivity index (χ1) is 12.9. The van der Waals surface area contributed by atoms with Crippen molar-refractivity contribution in [1.82, 2.24) is 29.3 Å². The van der Waals surface area contributed by atoms with Gasteiger partial charge in [0, 0.05) is 43.9 Å². The maximum Gasteiger partial charge on any atom is 0.433 e. The Balaban J connectivity index is 2.01. The third-order valence-electron chi connectivity index (χ3n) is 4.23. The predicted molar refractivity (Wildman–Crippen MR) is 95.7 cm³/mol. The molecule has 0 spiro atoms. The van der Waals surface area contributed by atoms with Crippen LogP contribution in [-0.2, 0) is 25.2 Å². The fourth-order valence-corrected chi connectivity index (χ4v) is 2.76. The van der Waals surface area contributed by atoms with Crippen LogP contribution in [0.4, 0.5) is 13.2 Å². The number of halogens is 3. The van der Waals surface area contributed by atoms with Gasteiger partial charge in [0.1, 0.15) is 5.69 Å². The zero-order valence-electron chi connectivity index (χ0n) is 16.2. The van der Waals surface area contributed by atoms with E-state index in [4.69, 9.17) is 0 Å². The number of aromatic nitrogens is 5. The minimum Gasteiger partial charge on any atom is -0.336 e. The summed E-state index contributed by atoms with van der Waals surface area (Å²) in [6.07, 6.45) is -1.26. The molecule has 0 N–H and O–H groups in total. The SMILES string of the molecule is CN(Cc1cnn(C)c1)C(=O)c1cc2nc(C(C)(C)C)cc(C(F)(F)F)n2n1. The monoisotopic (exact) mass is 394 g/mol. The molecule has 28 heavy (non-hydrogen) atoms. The molecule has 3 aromatic heterocycles. The van der Waals surface area contributed by atoms with Crippen molar-refractivity contribution in [2.75, 3.05) is 7.05 Å². The molecule has 0 saturated heterocycles. The molecule has 0 unspecified atom stereocenters. The van der Waals surface area contributed by atoms with Gasteiger partial charge >= 0.3 is 6.18 Å². The average Bonchev–Trinajstić information content (AvgIpc) is 3.17. The van der Waals surface area contributed by atoms with E-state index < -0.39 is 23.2 Å². The Morgan fingerprint density at radius 3 is 2.43 bits per heavy atom. The molecular formula is C18H21F3N6O. The number of nitrogens with zero attached hydrogens (tertiary/aromatic N) is 6.